The van der Waals surface area contributed by atoms with Crippen molar-refractivity contribution < 1.29 is 23.1 Å². The molecule has 0 bridgehead atoms. The summed E-state index contributed by atoms with van der Waals surface area (Å²) in [6.45, 7) is 8.61. The van der Waals surface area contributed by atoms with Gasteiger partial charge >= 0.3 is 6.09 Å². The van der Waals surface area contributed by atoms with E-state index in [4.69, 9.17) is 10.5 Å². The molecule has 14 heteroatoms. The Bertz CT molecular complexity index is 1570. The first kappa shape index (κ1) is 29.8. The van der Waals surface area contributed by atoms with E-state index < -0.39 is 41.3 Å². The van der Waals surface area contributed by atoms with Gasteiger partial charge in [0.1, 0.15) is 22.9 Å². The van der Waals surface area contributed by atoms with Crippen LogP contribution in [0.4, 0.5) is 30.9 Å². The van der Waals surface area contributed by atoms with Gasteiger partial charge in [-0.05, 0) is 64.4 Å². The highest BCUT2D eigenvalue weighted by atomic mass is 19.1. The molecule has 0 unspecified atom stereocenters. The van der Waals surface area contributed by atoms with Gasteiger partial charge in [-0.3, -0.25) is 9.78 Å². The number of carbonyl (C=O) groups excluding carboxylic acids is 2. The molecule has 0 spiro atoms. The third-order valence-corrected chi connectivity index (χ3v) is 5.96. The zero-order chi connectivity index (χ0) is 30.6. The summed E-state index contributed by atoms with van der Waals surface area (Å²) in [5.74, 6) is -2.58. The molecule has 2 atom stereocenters. The van der Waals surface area contributed by atoms with Crippen molar-refractivity contribution in [3.05, 3.63) is 83.4 Å². The molecule has 0 aliphatic heterocycles. The van der Waals surface area contributed by atoms with Crippen LogP contribution in [0, 0.1) is 18.6 Å². The number of alkyl carbamates (subject to hydrolysis) is 1. The number of nitrogens with two attached hydrogens (primary N) is 1. The molecule has 0 saturated carbocycles. The van der Waals surface area contributed by atoms with Crippen LogP contribution in [-0.2, 0) is 4.74 Å². The van der Waals surface area contributed by atoms with Crippen molar-refractivity contribution in [3.8, 4) is 5.69 Å². The molecule has 220 valence electrons. The maximum Gasteiger partial charge on any atom is 0.407 e. The zero-order valence-corrected chi connectivity index (χ0v) is 23.6. The maximum absolute atomic E-state index is 15.4. The number of nitrogens with one attached hydrogen (secondary N) is 3. The average molecular weight is 580 g/mol. The Morgan fingerprint density at radius 1 is 1.05 bits per heavy atom. The van der Waals surface area contributed by atoms with E-state index in [0.717, 1.165) is 6.07 Å². The summed E-state index contributed by atoms with van der Waals surface area (Å²) in [5.41, 5.74) is 6.69. The summed E-state index contributed by atoms with van der Waals surface area (Å²) in [6, 6.07) is 6.62. The van der Waals surface area contributed by atoms with Crippen LogP contribution >= 0.6 is 0 Å². The third-order valence-electron chi connectivity index (χ3n) is 5.96. The number of hydrogen-bond acceptors (Lipinski definition) is 9. The molecule has 0 saturated heterocycles. The molecule has 4 aromatic rings. The molecule has 0 aliphatic carbocycles. The molecule has 3 heterocycles. The molecule has 4 rings (SSSR count). The number of hydrogen-bond donors (Lipinski definition) is 4. The average Bonchev–Trinajstić information content (AvgIpc) is 3.44. The van der Waals surface area contributed by atoms with E-state index in [1.807, 2.05) is 0 Å². The maximum atomic E-state index is 15.4. The fourth-order valence-electron chi connectivity index (χ4n) is 4.03. The lowest BCUT2D eigenvalue weighted by atomic mass is 10.00. The highest BCUT2D eigenvalue weighted by Crippen LogP contribution is 2.29. The van der Waals surface area contributed by atoms with Gasteiger partial charge in [-0.1, -0.05) is 12.1 Å². The standard InChI is InChI=1S/C28H31F2N9O3/c1-15-22(39-33-10-11-34-39)12-19(14-32-15)36-25-20(24(31)40)13-21(30)26(38-25)37-23(17-6-8-18(29)9-7-17)16(2)35-27(41)42-28(3,4)5/h6-14,16,23H,1-5H3,(H2,31,40)(H,35,41)(H2,36,37,38)/t16-,23-/m0/s1. The molecule has 0 aliphatic rings. The van der Waals surface area contributed by atoms with Gasteiger partial charge in [0.15, 0.2) is 11.6 Å². The number of aryl methyl sites for hydroxylation is 1. The Morgan fingerprint density at radius 3 is 2.33 bits per heavy atom. The molecule has 0 radical (unpaired) electrons. The van der Waals surface area contributed by atoms with Gasteiger partial charge < -0.3 is 26.4 Å². The Balaban J connectivity index is 1.69. The monoisotopic (exact) mass is 579 g/mol. The minimum atomic E-state index is -0.917. The van der Waals surface area contributed by atoms with Gasteiger partial charge in [0.2, 0.25) is 0 Å². The second-order valence-electron chi connectivity index (χ2n) is 10.5. The van der Waals surface area contributed by atoms with Crippen LogP contribution in [0.2, 0.25) is 0 Å². The smallest absolute Gasteiger partial charge is 0.407 e. The number of pyridine rings is 2. The first-order chi connectivity index (χ1) is 19.8. The molecule has 1 aromatic carbocycles. The predicted octanol–water partition coefficient (Wildman–Crippen LogP) is 4.55. The van der Waals surface area contributed by atoms with Crippen molar-refractivity contribution in [1.82, 2.24) is 30.3 Å². The molecule has 2 amide bonds. The molecule has 5 N–H and O–H groups in total. The number of benzene rings is 1. The van der Waals surface area contributed by atoms with Crippen LogP contribution < -0.4 is 21.7 Å². The quantitative estimate of drug-likeness (QED) is 0.223. The van der Waals surface area contributed by atoms with E-state index in [0.29, 0.717) is 22.6 Å². The summed E-state index contributed by atoms with van der Waals surface area (Å²) < 4.78 is 34.4. The van der Waals surface area contributed by atoms with E-state index in [1.54, 1.807) is 40.7 Å². The topological polar surface area (TPSA) is 162 Å². The summed E-state index contributed by atoms with van der Waals surface area (Å²) in [4.78, 5) is 34.8. The molecule has 3 aromatic heterocycles. The van der Waals surface area contributed by atoms with Crippen LogP contribution in [0.3, 0.4) is 0 Å². The fraction of sp³-hybridized carbons (Fsp3) is 0.286. The number of ether oxygens (including phenoxy) is 1. The minimum Gasteiger partial charge on any atom is -0.444 e. The van der Waals surface area contributed by atoms with Gasteiger partial charge in [-0.25, -0.2) is 18.6 Å². The van der Waals surface area contributed by atoms with Crippen molar-refractivity contribution in [3.63, 3.8) is 0 Å². The van der Waals surface area contributed by atoms with Crippen LogP contribution in [0.1, 0.15) is 55.4 Å². The van der Waals surface area contributed by atoms with Crippen LogP contribution in [0.5, 0.6) is 0 Å². The van der Waals surface area contributed by atoms with E-state index in [9.17, 15) is 14.0 Å². The Hall–Kier alpha value is -5.14. The Kier molecular flexibility index (Phi) is 8.64. The molecule has 0 fully saturated rings. The summed E-state index contributed by atoms with van der Waals surface area (Å²) in [5, 5.41) is 16.9. The third kappa shape index (κ3) is 7.33. The second kappa shape index (κ2) is 12.2. The molecule has 12 nitrogen and oxygen atoms in total. The highest BCUT2D eigenvalue weighted by Gasteiger charge is 2.26. The largest absolute Gasteiger partial charge is 0.444 e. The predicted molar refractivity (Wildman–Crippen MR) is 151 cm³/mol. The molecular formula is C28H31F2N9O3. The summed E-state index contributed by atoms with van der Waals surface area (Å²) in [7, 11) is 0. The van der Waals surface area contributed by atoms with Crippen LogP contribution in [-0.4, -0.2) is 48.6 Å². The van der Waals surface area contributed by atoms with Gasteiger partial charge in [0.25, 0.3) is 5.91 Å². The number of nitrogens with zero attached hydrogens (tertiary/aromatic N) is 5. The van der Waals surface area contributed by atoms with E-state index in [-0.39, 0.29) is 17.2 Å². The van der Waals surface area contributed by atoms with Crippen molar-refractivity contribution in [2.75, 3.05) is 10.6 Å². The van der Waals surface area contributed by atoms with Crippen molar-refractivity contribution >= 4 is 29.3 Å². The van der Waals surface area contributed by atoms with Gasteiger partial charge in [0, 0.05) is 0 Å². The van der Waals surface area contributed by atoms with Crippen LogP contribution in [0.15, 0.2) is 55.0 Å². The van der Waals surface area contributed by atoms with Crippen molar-refractivity contribution in [2.24, 2.45) is 5.73 Å². The minimum absolute atomic E-state index is 0.0537. The number of carbonyl (C=O) groups is 2. The van der Waals surface area contributed by atoms with Gasteiger partial charge in [-0.2, -0.15) is 10.2 Å². The summed E-state index contributed by atoms with van der Waals surface area (Å²) in [6.07, 6.45) is 3.83. The number of aromatic nitrogens is 5. The van der Waals surface area contributed by atoms with Crippen LogP contribution in [0.25, 0.3) is 5.69 Å². The van der Waals surface area contributed by atoms with E-state index in [1.165, 1.54) is 47.7 Å². The number of anilines is 3. The highest BCUT2D eigenvalue weighted by molar-refractivity contribution is 5.98. The first-order valence-corrected chi connectivity index (χ1v) is 12.9. The fourth-order valence-corrected chi connectivity index (χ4v) is 4.03. The van der Waals surface area contributed by atoms with Crippen molar-refractivity contribution in [2.45, 2.75) is 52.3 Å². The SMILES string of the molecule is Cc1ncc(Nc2nc(N[C@H](c3ccc(F)cc3)[C@H](C)NC(=O)OC(C)(C)C)c(F)cc2C(N)=O)cc1-n1nccn1. The number of halogens is 2. The Morgan fingerprint density at radius 2 is 1.71 bits per heavy atom. The first-order valence-electron chi connectivity index (χ1n) is 12.9. The molecule has 42 heavy (non-hydrogen) atoms. The number of amides is 2. The van der Waals surface area contributed by atoms with Crippen molar-refractivity contribution in [1.29, 1.82) is 0 Å². The zero-order valence-electron chi connectivity index (χ0n) is 23.6. The van der Waals surface area contributed by atoms with E-state index >= 15 is 4.39 Å². The molecular weight excluding hydrogens is 548 g/mol. The van der Waals surface area contributed by atoms with Gasteiger partial charge in [0.05, 0.1) is 47.6 Å². The lowest BCUT2D eigenvalue weighted by Gasteiger charge is -2.29. The van der Waals surface area contributed by atoms with Gasteiger partial charge in [-0.15, -0.1) is 4.80 Å². The lowest BCUT2D eigenvalue weighted by Crippen LogP contribution is -2.42. The second-order valence-corrected chi connectivity index (χ2v) is 10.5. The Labute approximate surface area is 240 Å². The summed E-state index contributed by atoms with van der Waals surface area (Å²) >= 11 is 0. The van der Waals surface area contributed by atoms with E-state index in [2.05, 4.69) is 36.1 Å². The number of rotatable bonds is 9. The normalized spacial score (nSPS) is 12.7. The lowest BCUT2D eigenvalue weighted by molar-refractivity contribution is 0.0503. The number of primary amides is 1.